The second-order valence-electron chi connectivity index (χ2n) is 5.53. The van der Waals surface area contributed by atoms with Gasteiger partial charge in [0.05, 0.1) is 29.2 Å². The van der Waals surface area contributed by atoms with Gasteiger partial charge >= 0.3 is 5.97 Å². The van der Waals surface area contributed by atoms with Gasteiger partial charge < -0.3 is 4.74 Å². The lowest BCUT2D eigenvalue weighted by Crippen LogP contribution is -2.32. The maximum absolute atomic E-state index is 13.7. The van der Waals surface area contributed by atoms with E-state index in [1.54, 1.807) is 24.3 Å². The Morgan fingerprint density at radius 1 is 1.33 bits per heavy atom. The van der Waals surface area contributed by atoms with Crippen molar-refractivity contribution in [2.45, 2.75) is 11.4 Å². The molecule has 0 atom stereocenters. The molecule has 0 fully saturated rings. The summed E-state index contributed by atoms with van der Waals surface area (Å²) in [5, 5.41) is 9.00. The standard InChI is InChI=1S/C19H17FN2O4S/c1-3-9-22(13-15-6-4-5-14(10-15)12-21)27(24,25)18-11-16(20)7-8-17(18)19(23)26-2/h3-8,10-11H,1,9,13H2,2H3. The van der Waals surface area contributed by atoms with Crippen LogP contribution in [0.4, 0.5) is 4.39 Å². The van der Waals surface area contributed by atoms with Crippen LogP contribution < -0.4 is 0 Å². The Labute approximate surface area is 157 Å². The highest BCUT2D eigenvalue weighted by atomic mass is 32.2. The Kier molecular flexibility index (Phi) is 6.45. The summed E-state index contributed by atoms with van der Waals surface area (Å²) in [4.78, 5) is 11.4. The van der Waals surface area contributed by atoms with E-state index in [1.165, 1.54) is 6.08 Å². The SMILES string of the molecule is C=CCN(Cc1cccc(C#N)c1)S(=O)(=O)c1cc(F)ccc1C(=O)OC. The van der Waals surface area contributed by atoms with Crippen LogP contribution in [0.25, 0.3) is 0 Å². The summed E-state index contributed by atoms with van der Waals surface area (Å²) >= 11 is 0. The van der Waals surface area contributed by atoms with Crippen LogP contribution in [0.5, 0.6) is 0 Å². The van der Waals surface area contributed by atoms with E-state index in [0.29, 0.717) is 11.1 Å². The van der Waals surface area contributed by atoms with Crippen LogP contribution in [0.2, 0.25) is 0 Å². The Hall–Kier alpha value is -3.02. The number of rotatable bonds is 7. The fourth-order valence-corrected chi connectivity index (χ4v) is 4.05. The zero-order valence-corrected chi connectivity index (χ0v) is 15.4. The lowest BCUT2D eigenvalue weighted by atomic mass is 10.1. The molecule has 2 rings (SSSR count). The second-order valence-corrected chi connectivity index (χ2v) is 7.44. The number of ether oxygens (including phenoxy) is 1. The van der Waals surface area contributed by atoms with Gasteiger partial charge in [-0.15, -0.1) is 6.58 Å². The Balaban J connectivity index is 2.53. The quantitative estimate of drug-likeness (QED) is 0.538. The predicted molar refractivity (Wildman–Crippen MR) is 96.7 cm³/mol. The lowest BCUT2D eigenvalue weighted by molar-refractivity contribution is 0.0596. The number of hydrogen-bond acceptors (Lipinski definition) is 5. The van der Waals surface area contributed by atoms with Crippen LogP contribution >= 0.6 is 0 Å². The largest absolute Gasteiger partial charge is 0.465 e. The number of methoxy groups -OCH3 is 1. The molecule has 0 aliphatic rings. The third kappa shape index (κ3) is 4.58. The molecule has 2 aromatic rings. The topological polar surface area (TPSA) is 87.5 Å². The molecular formula is C19H17FN2O4S. The number of halogens is 1. The molecule has 0 aliphatic carbocycles. The minimum absolute atomic E-state index is 0.0732. The number of sulfonamides is 1. The minimum atomic E-state index is -4.25. The van der Waals surface area contributed by atoms with E-state index in [9.17, 15) is 17.6 Å². The molecule has 0 saturated heterocycles. The number of nitrogens with zero attached hydrogens (tertiary/aromatic N) is 2. The molecule has 0 amide bonds. The molecule has 8 heteroatoms. The first-order valence-corrected chi connectivity index (χ1v) is 9.25. The highest BCUT2D eigenvalue weighted by Crippen LogP contribution is 2.24. The number of esters is 1. The fraction of sp³-hybridized carbons (Fsp3) is 0.158. The van der Waals surface area contributed by atoms with E-state index >= 15 is 0 Å². The molecule has 0 saturated carbocycles. The highest BCUT2D eigenvalue weighted by molar-refractivity contribution is 7.89. The van der Waals surface area contributed by atoms with Gasteiger partial charge in [0.15, 0.2) is 0 Å². The predicted octanol–water partition coefficient (Wildman–Crippen LogP) is 2.86. The molecule has 0 bridgehead atoms. The van der Waals surface area contributed by atoms with E-state index in [2.05, 4.69) is 11.3 Å². The first kappa shape index (κ1) is 20.3. The van der Waals surface area contributed by atoms with Gasteiger partial charge in [0, 0.05) is 13.1 Å². The summed E-state index contributed by atoms with van der Waals surface area (Å²) in [5.74, 6) is -1.69. The van der Waals surface area contributed by atoms with E-state index in [4.69, 9.17) is 5.26 Å². The van der Waals surface area contributed by atoms with Crippen molar-refractivity contribution in [2.75, 3.05) is 13.7 Å². The zero-order chi connectivity index (χ0) is 20.0. The van der Waals surface area contributed by atoms with Crippen molar-refractivity contribution in [3.63, 3.8) is 0 Å². The average Bonchev–Trinajstić information content (AvgIpc) is 2.67. The van der Waals surface area contributed by atoms with Crippen molar-refractivity contribution in [1.29, 1.82) is 5.26 Å². The van der Waals surface area contributed by atoms with E-state index in [-0.39, 0.29) is 18.7 Å². The molecule has 0 radical (unpaired) electrons. The molecule has 0 heterocycles. The molecule has 27 heavy (non-hydrogen) atoms. The molecule has 2 aromatic carbocycles. The van der Waals surface area contributed by atoms with Crippen LogP contribution in [0, 0.1) is 17.1 Å². The second kappa shape index (κ2) is 8.58. The normalized spacial score (nSPS) is 11.0. The number of nitriles is 1. The Morgan fingerprint density at radius 2 is 2.07 bits per heavy atom. The van der Waals surface area contributed by atoms with E-state index < -0.39 is 26.7 Å². The summed E-state index contributed by atoms with van der Waals surface area (Å²) < 4.78 is 45.6. The molecule has 0 aliphatic heterocycles. The molecule has 140 valence electrons. The Bertz CT molecular complexity index is 1010. The maximum atomic E-state index is 13.7. The summed E-state index contributed by atoms with van der Waals surface area (Å²) in [6.07, 6.45) is 1.38. The van der Waals surface area contributed by atoms with Crippen molar-refractivity contribution in [1.82, 2.24) is 4.31 Å². The van der Waals surface area contributed by atoms with Crippen LogP contribution in [-0.4, -0.2) is 32.3 Å². The summed E-state index contributed by atoms with van der Waals surface area (Å²) in [7, 11) is -3.14. The smallest absolute Gasteiger partial charge is 0.339 e. The van der Waals surface area contributed by atoms with Crippen molar-refractivity contribution < 1.29 is 22.3 Å². The molecular weight excluding hydrogens is 371 g/mol. The van der Waals surface area contributed by atoms with Gasteiger partial charge in [0.1, 0.15) is 5.82 Å². The zero-order valence-electron chi connectivity index (χ0n) is 14.6. The summed E-state index contributed by atoms with van der Waals surface area (Å²) in [6, 6.07) is 11.3. The van der Waals surface area contributed by atoms with Crippen molar-refractivity contribution in [3.8, 4) is 6.07 Å². The first-order valence-electron chi connectivity index (χ1n) is 7.81. The third-order valence-electron chi connectivity index (χ3n) is 3.71. The van der Waals surface area contributed by atoms with Gasteiger partial charge in [-0.05, 0) is 35.9 Å². The van der Waals surface area contributed by atoms with Crippen LogP contribution in [0.3, 0.4) is 0 Å². The van der Waals surface area contributed by atoms with Crippen molar-refractivity contribution in [3.05, 3.63) is 77.6 Å². The van der Waals surface area contributed by atoms with Gasteiger partial charge in [0.25, 0.3) is 0 Å². The van der Waals surface area contributed by atoms with Gasteiger partial charge in [0.2, 0.25) is 10.0 Å². The number of benzene rings is 2. The van der Waals surface area contributed by atoms with Gasteiger partial charge in [-0.25, -0.2) is 17.6 Å². The lowest BCUT2D eigenvalue weighted by Gasteiger charge is -2.22. The number of carbonyl (C=O) groups excluding carboxylic acids is 1. The average molecular weight is 388 g/mol. The highest BCUT2D eigenvalue weighted by Gasteiger charge is 2.29. The van der Waals surface area contributed by atoms with Crippen molar-refractivity contribution in [2.24, 2.45) is 0 Å². The molecule has 6 nitrogen and oxygen atoms in total. The first-order chi connectivity index (χ1) is 12.8. The number of carbonyl (C=O) groups is 1. The van der Waals surface area contributed by atoms with Crippen LogP contribution in [0.1, 0.15) is 21.5 Å². The molecule has 0 aromatic heterocycles. The van der Waals surface area contributed by atoms with Gasteiger partial charge in [-0.1, -0.05) is 18.2 Å². The molecule has 0 spiro atoms. The van der Waals surface area contributed by atoms with E-state index in [1.807, 2.05) is 6.07 Å². The summed E-state index contributed by atoms with van der Waals surface area (Å²) in [5.41, 5.74) is 0.679. The number of hydrogen-bond donors (Lipinski definition) is 0. The fourth-order valence-electron chi connectivity index (χ4n) is 2.46. The molecule has 0 unspecified atom stereocenters. The van der Waals surface area contributed by atoms with Crippen molar-refractivity contribution >= 4 is 16.0 Å². The van der Waals surface area contributed by atoms with E-state index in [0.717, 1.165) is 29.6 Å². The summed E-state index contributed by atoms with van der Waals surface area (Å²) in [6.45, 7) is 3.39. The monoisotopic (exact) mass is 388 g/mol. The minimum Gasteiger partial charge on any atom is -0.465 e. The van der Waals surface area contributed by atoms with Gasteiger partial charge in [-0.2, -0.15) is 9.57 Å². The Morgan fingerprint density at radius 3 is 2.70 bits per heavy atom. The van der Waals surface area contributed by atoms with Crippen LogP contribution in [-0.2, 0) is 21.3 Å². The third-order valence-corrected chi connectivity index (χ3v) is 5.57. The van der Waals surface area contributed by atoms with Crippen LogP contribution in [0.15, 0.2) is 60.0 Å². The molecule has 0 N–H and O–H groups in total. The maximum Gasteiger partial charge on any atom is 0.339 e. The van der Waals surface area contributed by atoms with Gasteiger partial charge in [-0.3, -0.25) is 0 Å².